The highest BCUT2D eigenvalue weighted by Gasteiger charge is 2.05. The van der Waals surface area contributed by atoms with Crippen LogP contribution >= 0.6 is 0 Å². The largest absolute Gasteiger partial charge is 0.396 e. The maximum absolute atomic E-state index is 9.60. The number of unbranched alkanes of at least 4 members (excludes halogenated alkanes) is 2. The molecule has 0 aromatic rings. The summed E-state index contributed by atoms with van der Waals surface area (Å²) in [6.07, 6.45) is -0.815. The lowest BCUT2D eigenvalue weighted by molar-refractivity contribution is 0.205. The average molecular weight is 192 g/mol. The van der Waals surface area contributed by atoms with Crippen LogP contribution in [0.1, 0.15) is 73.4 Å². The van der Waals surface area contributed by atoms with Gasteiger partial charge in [-0.2, -0.15) is 0 Å². The molecule has 2 atom stereocenters. The molecule has 13 heavy (non-hydrogen) atoms. The van der Waals surface area contributed by atoms with Crippen LogP contribution in [0.3, 0.4) is 0 Å². The first-order valence-electron chi connectivity index (χ1n) is 8.27. The molecule has 0 amide bonds. The van der Waals surface area contributed by atoms with Crippen molar-refractivity contribution in [1.82, 2.24) is 0 Å². The first kappa shape index (κ1) is 5.75. The Morgan fingerprint density at radius 2 is 1.92 bits per heavy atom. The van der Waals surface area contributed by atoms with E-state index in [0.717, 1.165) is 6.42 Å². The lowest BCUT2D eigenvalue weighted by Gasteiger charge is -2.12. The Hall–Kier alpha value is -0.0400. The van der Waals surface area contributed by atoms with Crippen molar-refractivity contribution in [2.24, 2.45) is 5.89 Å². The number of hydrogen-bond donors (Lipinski definition) is 1. The third kappa shape index (κ3) is 8.29. The highest BCUT2D eigenvalue weighted by atomic mass is 16.3. The second kappa shape index (κ2) is 10.0. The second-order valence-electron chi connectivity index (χ2n) is 3.18. The van der Waals surface area contributed by atoms with Gasteiger partial charge in [0.05, 0.1) is 2.74 Å². The Balaban J connectivity index is 5.22. The molecule has 0 aromatic carbocycles. The second-order valence-corrected chi connectivity index (χ2v) is 3.18. The van der Waals surface area contributed by atoms with Crippen molar-refractivity contribution in [3.05, 3.63) is 0 Å². The predicted octanol–water partition coefficient (Wildman–Crippen LogP) is 3.76. The van der Waals surface area contributed by atoms with E-state index in [9.17, 15) is 5.11 Å². The summed E-state index contributed by atoms with van der Waals surface area (Å²) in [6, 6.07) is 0. The molecule has 80 valence electrons. The van der Waals surface area contributed by atoms with E-state index in [-0.39, 0.29) is 12.8 Å². The Morgan fingerprint density at radius 1 is 1.23 bits per heavy atom. The van der Waals surface area contributed by atoms with Gasteiger partial charge in [0.2, 0.25) is 0 Å². The molecule has 0 aliphatic carbocycles. The minimum atomic E-state index is -2.96. The standard InChI is InChI=1S/C12H26O/c1-3-5-7-8-10-12(11-13)9-6-4-2/h12-13H,3-11H2,1-2H3/i8D,10D2,11D2,12D. The van der Waals surface area contributed by atoms with Gasteiger partial charge >= 0.3 is 0 Å². The van der Waals surface area contributed by atoms with Gasteiger partial charge in [0.25, 0.3) is 0 Å². The SMILES string of the molecule is [2H]C(CCCC)C([2H])([2H])C([2H])(CCCC)C([2H])([2H])O. The van der Waals surface area contributed by atoms with E-state index in [4.69, 9.17) is 8.22 Å². The molecule has 0 saturated heterocycles. The first-order valence-corrected chi connectivity index (χ1v) is 5.19. The summed E-state index contributed by atoms with van der Waals surface area (Å²) in [5.41, 5.74) is 0. The van der Waals surface area contributed by atoms with Crippen LogP contribution in [0.4, 0.5) is 0 Å². The van der Waals surface area contributed by atoms with Crippen molar-refractivity contribution in [3.8, 4) is 0 Å². The van der Waals surface area contributed by atoms with Gasteiger partial charge in [0.15, 0.2) is 0 Å². The van der Waals surface area contributed by atoms with E-state index in [2.05, 4.69) is 0 Å². The topological polar surface area (TPSA) is 20.2 Å². The minimum absolute atomic E-state index is 0.0957. The van der Waals surface area contributed by atoms with Crippen molar-refractivity contribution in [3.63, 3.8) is 0 Å². The monoisotopic (exact) mass is 192 g/mol. The molecule has 1 N–H and O–H groups in total. The summed E-state index contributed by atoms with van der Waals surface area (Å²) in [6.45, 7) is 0.827. The van der Waals surface area contributed by atoms with E-state index in [0.29, 0.717) is 19.3 Å². The molecule has 0 heterocycles. The molecule has 0 radical (unpaired) electrons. The number of rotatable bonds is 9. The van der Waals surface area contributed by atoms with Crippen molar-refractivity contribution >= 4 is 0 Å². The zero-order valence-corrected chi connectivity index (χ0v) is 8.77. The van der Waals surface area contributed by atoms with Crippen LogP contribution in [-0.2, 0) is 0 Å². The van der Waals surface area contributed by atoms with Gasteiger partial charge in [0, 0.05) is 12.0 Å². The van der Waals surface area contributed by atoms with Crippen LogP contribution in [-0.4, -0.2) is 11.7 Å². The summed E-state index contributed by atoms with van der Waals surface area (Å²) in [7, 11) is 0. The molecule has 0 saturated carbocycles. The smallest absolute Gasteiger partial charge is 0.0567 e. The van der Waals surface area contributed by atoms with Gasteiger partial charge in [0.1, 0.15) is 0 Å². The summed E-state index contributed by atoms with van der Waals surface area (Å²) in [4.78, 5) is 0. The van der Waals surface area contributed by atoms with Gasteiger partial charge in [-0.05, 0) is 18.7 Å². The van der Waals surface area contributed by atoms with E-state index in [1.165, 1.54) is 0 Å². The zero-order chi connectivity index (χ0) is 15.3. The summed E-state index contributed by atoms with van der Waals surface area (Å²) in [5.74, 6) is -2.31. The van der Waals surface area contributed by atoms with Crippen molar-refractivity contribution in [2.75, 3.05) is 6.56 Å². The Morgan fingerprint density at radius 3 is 2.46 bits per heavy atom. The quantitative estimate of drug-likeness (QED) is 0.590. The van der Waals surface area contributed by atoms with Crippen LogP contribution in [0.25, 0.3) is 0 Å². The zero-order valence-electron chi connectivity index (χ0n) is 14.8. The molecular weight excluding hydrogens is 160 g/mol. The Bertz CT molecular complexity index is 265. The number of hydrogen-bond acceptors (Lipinski definition) is 1. The third-order valence-electron chi connectivity index (χ3n) is 1.89. The Kier molecular flexibility index (Phi) is 4.44. The van der Waals surface area contributed by atoms with Gasteiger partial charge in [-0.25, -0.2) is 0 Å². The Labute approximate surface area is 92.0 Å². The molecule has 0 spiro atoms. The van der Waals surface area contributed by atoms with Crippen LogP contribution in [0.2, 0.25) is 0 Å². The lowest BCUT2D eigenvalue weighted by atomic mass is 9.96. The van der Waals surface area contributed by atoms with E-state index in [1.807, 2.05) is 13.8 Å². The maximum Gasteiger partial charge on any atom is 0.0567 e. The molecule has 0 fully saturated rings. The highest BCUT2D eigenvalue weighted by molar-refractivity contribution is 4.58. The maximum atomic E-state index is 9.60. The minimum Gasteiger partial charge on any atom is -0.396 e. The number of aliphatic hydroxyl groups is 1. The fourth-order valence-electron chi connectivity index (χ4n) is 1.02. The normalized spacial score (nSPS) is 27.0. The van der Waals surface area contributed by atoms with Gasteiger partial charge in [-0.3, -0.25) is 0 Å². The van der Waals surface area contributed by atoms with Crippen LogP contribution in [0, 0.1) is 5.89 Å². The highest BCUT2D eigenvalue weighted by Crippen LogP contribution is 2.16. The van der Waals surface area contributed by atoms with Crippen molar-refractivity contribution in [1.29, 1.82) is 0 Å². The van der Waals surface area contributed by atoms with Crippen molar-refractivity contribution in [2.45, 2.75) is 65.1 Å². The van der Waals surface area contributed by atoms with Gasteiger partial charge in [-0.1, -0.05) is 52.3 Å². The van der Waals surface area contributed by atoms with Crippen LogP contribution in [0.5, 0.6) is 0 Å². The van der Waals surface area contributed by atoms with E-state index in [1.54, 1.807) is 0 Å². The fourth-order valence-corrected chi connectivity index (χ4v) is 1.02. The molecule has 1 heteroatoms. The molecular formula is C12H26O. The van der Waals surface area contributed by atoms with E-state index >= 15 is 0 Å². The molecule has 0 bridgehead atoms. The van der Waals surface area contributed by atoms with E-state index < -0.39 is 25.2 Å². The lowest BCUT2D eigenvalue weighted by Crippen LogP contribution is -2.05. The van der Waals surface area contributed by atoms with Gasteiger partial charge < -0.3 is 5.11 Å². The average Bonchev–Trinajstić information content (AvgIpc) is 2.30. The molecule has 1 nitrogen and oxygen atoms in total. The summed E-state index contributed by atoms with van der Waals surface area (Å²) < 4.78 is 46.8. The van der Waals surface area contributed by atoms with Crippen LogP contribution in [0.15, 0.2) is 0 Å². The fraction of sp³-hybridized carbons (Fsp3) is 1.00. The van der Waals surface area contributed by atoms with Gasteiger partial charge in [-0.15, -0.1) is 0 Å². The molecule has 2 unspecified atom stereocenters. The molecule has 0 aliphatic heterocycles. The summed E-state index contributed by atoms with van der Waals surface area (Å²) >= 11 is 0. The third-order valence-corrected chi connectivity index (χ3v) is 1.89. The van der Waals surface area contributed by atoms with Crippen molar-refractivity contribution < 1.29 is 13.3 Å². The summed E-state index contributed by atoms with van der Waals surface area (Å²) in [5, 5.41) is 9.60. The predicted molar refractivity (Wildman–Crippen MR) is 58.9 cm³/mol. The molecule has 0 rings (SSSR count). The first-order chi connectivity index (χ1) is 8.54. The molecule has 0 aromatic heterocycles. The molecule has 0 aliphatic rings. The van der Waals surface area contributed by atoms with Crippen LogP contribution < -0.4 is 0 Å².